The molecule has 0 spiro atoms. The van der Waals surface area contributed by atoms with Crippen molar-refractivity contribution in [3.05, 3.63) is 60.7 Å². The largest absolute Gasteiger partial charge is 0.493 e. The van der Waals surface area contributed by atoms with E-state index in [1.165, 1.54) is 0 Å². The van der Waals surface area contributed by atoms with Crippen molar-refractivity contribution in [1.29, 1.82) is 0 Å². The summed E-state index contributed by atoms with van der Waals surface area (Å²) in [6.07, 6.45) is 1.15. The zero-order valence-electron chi connectivity index (χ0n) is 16.2. The third kappa shape index (κ3) is 6.10. The van der Waals surface area contributed by atoms with Crippen molar-refractivity contribution in [3.8, 4) is 16.9 Å². The Kier molecular flexibility index (Phi) is 7.35. The van der Waals surface area contributed by atoms with Gasteiger partial charge in [-0.1, -0.05) is 44.7 Å². The van der Waals surface area contributed by atoms with Crippen molar-refractivity contribution in [2.45, 2.75) is 33.6 Å². The molecule has 1 N–H and O–H groups in total. The van der Waals surface area contributed by atoms with E-state index in [0.717, 1.165) is 29.0 Å². The van der Waals surface area contributed by atoms with Crippen molar-refractivity contribution < 1.29 is 14.3 Å². The maximum absolute atomic E-state index is 12.0. The molecule has 2 rings (SSSR count). The standard InChI is InChI=1S/C23H27NO3/c1-5-17(4)23(26)24-20-10-6-18(7-11-20)19-8-12-21(13-9-19)27-15-14-22(25)16(2)3/h6-13,17H,2,5,14-15H2,1,3-4H3,(H,24,26). The minimum Gasteiger partial charge on any atom is -0.493 e. The zero-order valence-corrected chi connectivity index (χ0v) is 16.2. The average molecular weight is 365 g/mol. The monoisotopic (exact) mass is 365 g/mol. The lowest BCUT2D eigenvalue weighted by Crippen LogP contribution is -2.19. The minimum atomic E-state index is 0.00269. The van der Waals surface area contributed by atoms with Gasteiger partial charge in [0.25, 0.3) is 0 Å². The molecule has 4 heteroatoms. The number of Topliss-reactive ketones (excluding diaryl/α,β-unsaturated/α-hetero) is 1. The molecule has 1 atom stereocenters. The number of anilines is 1. The van der Waals surface area contributed by atoms with Crippen molar-refractivity contribution in [1.82, 2.24) is 0 Å². The van der Waals surface area contributed by atoms with Gasteiger partial charge in [-0.3, -0.25) is 9.59 Å². The van der Waals surface area contributed by atoms with E-state index >= 15 is 0 Å². The van der Waals surface area contributed by atoms with Crippen LogP contribution in [0.2, 0.25) is 0 Å². The molecule has 0 radical (unpaired) electrons. The molecule has 27 heavy (non-hydrogen) atoms. The molecular formula is C23H27NO3. The number of carbonyl (C=O) groups excluding carboxylic acids is 2. The number of hydrogen-bond donors (Lipinski definition) is 1. The first kappa shape index (κ1) is 20.4. The van der Waals surface area contributed by atoms with Gasteiger partial charge in [0.1, 0.15) is 5.75 Å². The lowest BCUT2D eigenvalue weighted by atomic mass is 10.0. The highest BCUT2D eigenvalue weighted by molar-refractivity contribution is 5.94. The molecule has 1 amide bonds. The Balaban J connectivity index is 1.93. The number of allylic oxidation sites excluding steroid dienone is 1. The fourth-order valence-electron chi connectivity index (χ4n) is 2.42. The summed E-state index contributed by atoms with van der Waals surface area (Å²) in [6.45, 7) is 9.60. The summed E-state index contributed by atoms with van der Waals surface area (Å²) >= 11 is 0. The summed E-state index contributed by atoms with van der Waals surface area (Å²) in [5, 5.41) is 2.93. The maximum Gasteiger partial charge on any atom is 0.227 e. The van der Waals surface area contributed by atoms with E-state index in [9.17, 15) is 9.59 Å². The molecule has 1 unspecified atom stereocenters. The van der Waals surface area contributed by atoms with Crippen LogP contribution in [0.25, 0.3) is 11.1 Å². The number of ether oxygens (including phenoxy) is 1. The lowest BCUT2D eigenvalue weighted by molar-refractivity contribution is -0.119. The molecule has 2 aromatic rings. The third-order valence-electron chi connectivity index (χ3n) is 4.47. The van der Waals surface area contributed by atoms with E-state index in [-0.39, 0.29) is 17.6 Å². The van der Waals surface area contributed by atoms with Crippen LogP contribution < -0.4 is 10.1 Å². The molecule has 0 aliphatic carbocycles. The van der Waals surface area contributed by atoms with E-state index in [0.29, 0.717) is 18.6 Å². The van der Waals surface area contributed by atoms with E-state index in [1.54, 1.807) is 6.92 Å². The molecule has 0 saturated carbocycles. The quantitative estimate of drug-likeness (QED) is 0.617. The molecular weight excluding hydrogens is 338 g/mol. The molecule has 0 saturated heterocycles. The van der Waals surface area contributed by atoms with Gasteiger partial charge in [-0.2, -0.15) is 0 Å². The van der Waals surface area contributed by atoms with Gasteiger partial charge < -0.3 is 10.1 Å². The first-order valence-electron chi connectivity index (χ1n) is 9.23. The van der Waals surface area contributed by atoms with E-state index < -0.39 is 0 Å². The number of ketones is 1. The van der Waals surface area contributed by atoms with Crippen LogP contribution in [0, 0.1) is 5.92 Å². The van der Waals surface area contributed by atoms with Gasteiger partial charge in [0.2, 0.25) is 5.91 Å². The number of rotatable bonds is 9. The van der Waals surface area contributed by atoms with Gasteiger partial charge in [-0.05, 0) is 54.3 Å². The molecule has 142 valence electrons. The van der Waals surface area contributed by atoms with Crippen LogP contribution in [-0.2, 0) is 9.59 Å². The Morgan fingerprint density at radius 1 is 1.04 bits per heavy atom. The number of benzene rings is 2. The van der Waals surface area contributed by atoms with E-state index in [2.05, 4.69) is 11.9 Å². The van der Waals surface area contributed by atoms with Crippen LogP contribution in [0.3, 0.4) is 0 Å². The van der Waals surface area contributed by atoms with Gasteiger partial charge in [0, 0.05) is 18.0 Å². The molecule has 0 fully saturated rings. The van der Waals surface area contributed by atoms with Crippen LogP contribution in [-0.4, -0.2) is 18.3 Å². The molecule has 4 nitrogen and oxygen atoms in total. The fourth-order valence-corrected chi connectivity index (χ4v) is 2.42. The number of amides is 1. The van der Waals surface area contributed by atoms with E-state index in [4.69, 9.17) is 4.74 Å². The summed E-state index contributed by atoms with van der Waals surface area (Å²) in [4.78, 5) is 23.5. The summed E-state index contributed by atoms with van der Waals surface area (Å²) in [5.41, 5.74) is 3.46. The molecule has 0 aliphatic rings. The number of carbonyl (C=O) groups is 2. The highest BCUT2D eigenvalue weighted by Gasteiger charge is 2.10. The topological polar surface area (TPSA) is 55.4 Å². The van der Waals surface area contributed by atoms with Crippen LogP contribution in [0.15, 0.2) is 60.7 Å². The SMILES string of the molecule is C=C(C)C(=O)CCOc1ccc(-c2ccc(NC(=O)C(C)CC)cc2)cc1. The predicted molar refractivity (Wildman–Crippen MR) is 110 cm³/mol. The second kappa shape index (κ2) is 9.72. The summed E-state index contributed by atoms with van der Waals surface area (Å²) in [7, 11) is 0. The molecule has 0 heterocycles. The van der Waals surface area contributed by atoms with E-state index in [1.807, 2.05) is 62.4 Å². The van der Waals surface area contributed by atoms with Crippen molar-refractivity contribution in [2.75, 3.05) is 11.9 Å². The Labute approximate surface area is 161 Å². The van der Waals surface area contributed by atoms with Gasteiger partial charge in [0.05, 0.1) is 6.61 Å². The van der Waals surface area contributed by atoms with Crippen LogP contribution in [0.5, 0.6) is 5.75 Å². The number of nitrogens with one attached hydrogen (secondary N) is 1. The molecule has 0 bridgehead atoms. The molecule has 0 aliphatic heterocycles. The zero-order chi connectivity index (χ0) is 19.8. The number of hydrogen-bond acceptors (Lipinski definition) is 3. The van der Waals surface area contributed by atoms with Crippen molar-refractivity contribution in [2.24, 2.45) is 5.92 Å². The van der Waals surface area contributed by atoms with Crippen molar-refractivity contribution in [3.63, 3.8) is 0 Å². The predicted octanol–water partition coefficient (Wildman–Crippen LogP) is 5.25. The second-order valence-electron chi connectivity index (χ2n) is 6.70. The fraction of sp³-hybridized carbons (Fsp3) is 0.304. The maximum atomic E-state index is 12.0. The van der Waals surface area contributed by atoms with Gasteiger partial charge in [-0.25, -0.2) is 0 Å². The van der Waals surface area contributed by atoms with Crippen molar-refractivity contribution >= 4 is 17.4 Å². The Bertz CT molecular complexity index is 791. The van der Waals surface area contributed by atoms with Gasteiger partial charge >= 0.3 is 0 Å². The lowest BCUT2D eigenvalue weighted by Gasteiger charge is -2.11. The summed E-state index contributed by atoms with van der Waals surface area (Å²) in [5.74, 6) is 0.789. The first-order valence-corrected chi connectivity index (χ1v) is 9.23. The summed E-state index contributed by atoms with van der Waals surface area (Å²) in [6, 6.07) is 15.5. The Morgan fingerprint density at radius 3 is 2.11 bits per heavy atom. The van der Waals surface area contributed by atoms with Crippen LogP contribution in [0.4, 0.5) is 5.69 Å². The van der Waals surface area contributed by atoms with Gasteiger partial charge in [-0.15, -0.1) is 0 Å². The smallest absolute Gasteiger partial charge is 0.227 e. The van der Waals surface area contributed by atoms with Crippen LogP contribution in [0.1, 0.15) is 33.6 Å². The summed E-state index contributed by atoms with van der Waals surface area (Å²) < 4.78 is 5.60. The highest BCUT2D eigenvalue weighted by atomic mass is 16.5. The average Bonchev–Trinajstić information content (AvgIpc) is 2.68. The first-order chi connectivity index (χ1) is 12.9. The minimum absolute atomic E-state index is 0.00269. The van der Waals surface area contributed by atoms with Gasteiger partial charge in [0.15, 0.2) is 5.78 Å². The molecule has 0 aromatic heterocycles. The second-order valence-corrected chi connectivity index (χ2v) is 6.70. The molecule has 2 aromatic carbocycles. The Hall–Kier alpha value is -2.88. The normalized spacial score (nSPS) is 11.5. The Morgan fingerprint density at radius 2 is 1.59 bits per heavy atom. The third-order valence-corrected chi connectivity index (χ3v) is 4.47. The van der Waals surface area contributed by atoms with Crippen LogP contribution >= 0.6 is 0 Å². The highest BCUT2D eigenvalue weighted by Crippen LogP contribution is 2.24.